The van der Waals surface area contributed by atoms with Crippen LogP contribution in [0.15, 0.2) is 18.2 Å². The second kappa shape index (κ2) is 6.69. The van der Waals surface area contributed by atoms with Crippen LogP contribution in [0.4, 0.5) is 5.69 Å². The number of benzene rings is 1. The first kappa shape index (κ1) is 17.0. The molecule has 4 rings (SSSR count). The highest BCUT2D eigenvalue weighted by Gasteiger charge is 2.49. The van der Waals surface area contributed by atoms with Gasteiger partial charge in [-0.15, -0.1) is 0 Å². The van der Waals surface area contributed by atoms with Crippen LogP contribution in [0.1, 0.15) is 25.7 Å². The third-order valence-electron chi connectivity index (χ3n) is 6.30. The molecule has 1 aromatic rings. The third kappa shape index (κ3) is 3.08. The van der Waals surface area contributed by atoms with Crippen LogP contribution in [0.5, 0.6) is 5.75 Å². The largest absolute Gasteiger partial charge is 0.495 e. The molecule has 5 nitrogen and oxygen atoms in total. The average Bonchev–Trinajstić information content (AvgIpc) is 3.30. The van der Waals surface area contributed by atoms with Crippen LogP contribution in [-0.4, -0.2) is 38.2 Å². The zero-order valence-electron chi connectivity index (χ0n) is 14.6. The summed E-state index contributed by atoms with van der Waals surface area (Å²) in [6, 6.07) is 5.84. The van der Waals surface area contributed by atoms with Crippen LogP contribution in [-0.2, 0) is 4.79 Å². The van der Waals surface area contributed by atoms with Gasteiger partial charge in [-0.2, -0.15) is 0 Å². The van der Waals surface area contributed by atoms with E-state index in [9.17, 15) is 4.79 Å². The van der Waals surface area contributed by atoms with Crippen LogP contribution < -0.4 is 20.7 Å². The van der Waals surface area contributed by atoms with Gasteiger partial charge >= 0.3 is 0 Å². The number of fused-ring (bicyclic) bond motifs is 2. The number of carbonyl (C=O) groups is 1. The average molecular weight is 364 g/mol. The lowest BCUT2D eigenvalue weighted by atomic mass is 9.84. The zero-order chi connectivity index (χ0) is 17.6. The van der Waals surface area contributed by atoms with Gasteiger partial charge in [-0.3, -0.25) is 4.79 Å². The molecule has 1 aliphatic heterocycles. The summed E-state index contributed by atoms with van der Waals surface area (Å²) in [5.41, 5.74) is 7.30. The Kier molecular flexibility index (Phi) is 4.54. The molecule has 25 heavy (non-hydrogen) atoms. The Labute approximate surface area is 153 Å². The SMILES string of the molecule is COc1ccc(Cl)cc1N1CCC(NC(=O)C2C3CCC(C3)C2N)C1. The lowest BCUT2D eigenvalue weighted by Gasteiger charge is -2.28. The lowest BCUT2D eigenvalue weighted by Crippen LogP contribution is -2.48. The molecule has 0 aromatic heterocycles. The van der Waals surface area contributed by atoms with Gasteiger partial charge < -0.3 is 20.7 Å². The minimum Gasteiger partial charge on any atom is -0.495 e. The number of ether oxygens (including phenoxy) is 1. The molecule has 2 bridgehead atoms. The first-order valence-electron chi connectivity index (χ1n) is 9.21. The number of rotatable bonds is 4. The van der Waals surface area contributed by atoms with E-state index >= 15 is 0 Å². The van der Waals surface area contributed by atoms with Crippen molar-refractivity contribution >= 4 is 23.2 Å². The van der Waals surface area contributed by atoms with Crippen LogP contribution in [0.3, 0.4) is 0 Å². The van der Waals surface area contributed by atoms with E-state index < -0.39 is 0 Å². The van der Waals surface area contributed by atoms with Crippen molar-refractivity contribution in [3.8, 4) is 5.75 Å². The maximum atomic E-state index is 12.8. The standard InChI is InChI=1S/C19H26ClN3O2/c1-25-16-5-4-13(20)9-15(16)23-7-6-14(10-23)22-19(24)17-11-2-3-12(8-11)18(17)21/h4-5,9,11-12,14,17-18H,2-3,6-8,10,21H2,1H3,(H,22,24). The van der Waals surface area contributed by atoms with Crippen molar-refractivity contribution in [3.63, 3.8) is 0 Å². The van der Waals surface area contributed by atoms with E-state index in [-0.39, 0.29) is 23.9 Å². The van der Waals surface area contributed by atoms with Crippen molar-refractivity contribution in [1.82, 2.24) is 5.32 Å². The van der Waals surface area contributed by atoms with Gasteiger partial charge in [0.05, 0.1) is 18.7 Å². The molecule has 2 saturated carbocycles. The summed E-state index contributed by atoms with van der Waals surface area (Å²) in [6.07, 6.45) is 4.42. The van der Waals surface area contributed by atoms with E-state index in [1.807, 2.05) is 18.2 Å². The Hall–Kier alpha value is -1.46. The predicted octanol–water partition coefficient (Wildman–Crippen LogP) is 2.42. The van der Waals surface area contributed by atoms with Crippen molar-refractivity contribution in [3.05, 3.63) is 23.2 Å². The van der Waals surface area contributed by atoms with Gasteiger partial charge in [0.25, 0.3) is 0 Å². The second-order valence-electron chi connectivity index (χ2n) is 7.69. The fourth-order valence-corrected chi connectivity index (χ4v) is 5.20. The number of methoxy groups -OCH3 is 1. The Bertz CT molecular complexity index is 666. The molecule has 1 aromatic carbocycles. The molecule has 3 fully saturated rings. The monoisotopic (exact) mass is 363 g/mol. The molecule has 1 heterocycles. The fraction of sp³-hybridized carbons (Fsp3) is 0.632. The lowest BCUT2D eigenvalue weighted by molar-refractivity contribution is -0.127. The molecule has 0 radical (unpaired) electrons. The Balaban J connectivity index is 1.40. The minimum atomic E-state index is 0.00788. The van der Waals surface area contributed by atoms with Crippen LogP contribution in [0, 0.1) is 17.8 Å². The molecule has 1 saturated heterocycles. The molecule has 1 amide bonds. The number of nitrogens with two attached hydrogens (primary N) is 1. The van der Waals surface area contributed by atoms with Gasteiger partial charge in [0, 0.05) is 30.2 Å². The summed E-state index contributed by atoms with van der Waals surface area (Å²) in [5, 5.41) is 3.94. The maximum Gasteiger partial charge on any atom is 0.225 e. The van der Waals surface area contributed by atoms with Crippen LogP contribution in [0.2, 0.25) is 5.02 Å². The highest BCUT2D eigenvalue weighted by Crippen LogP contribution is 2.47. The van der Waals surface area contributed by atoms with Crippen molar-refractivity contribution in [2.75, 3.05) is 25.1 Å². The van der Waals surface area contributed by atoms with Gasteiger partial charge in [0.15, 0.2) is 0 Å². The highest BCUT2D eigenvalue weighted by atomic mass is 35.5. The van der Waals surface area contributed by atoms with E-state index in [1.165, 1.54) is 6.42 Å². The van der Waals surface area contributed by atoms with Gasteiger partial charge in [0.2, 0.25) is 5.91 Å². The maximum absolute atomic E-state index is 12.8. The van der Waals surface area contributed by atoms with Crippen molar-refractivity contribution in [2.45, 2.75) is 37.8 Å². The topological polar surface area (TPSA) is 67.6 Å². The van der Waals surface area contributed by atoms with Crippen molar-refractivity contribution in [2.24, 2.45) is 23.5 Å². The number of nitrogens with zero attached hydrogens (tertiary/aromatic N) is 1. The number of carbonyl (C=O) groups excluding carboxylic acids is 1. The molecule has 6 heteroatoms. The molecular weight excluding hydrogens is 338 g/mol. The summed E-state index contributed by atoms with van der Waals surface area (Å²) >= 11 is 6.15. The molecular formula is C19H26ClN3O2. The van der Waals surface area contributed by atoms with Gasteiger partial charge in [-0.25, -0.2) is 0 Å². The summed E-state index contributed by atoms with van der Waals surface area (Å²) in [4.78, 5) is 15.0. The number of hydrogen-bond acceptors (Lipinski definition) is 4. The van der Waals surface area contributed by atoms with E-state index in [0.29, 0.717) is 16.9 Å². The Morgan fingerprint density at radius 3 is 2.84 bits per heavy atom. The number of hydrogen-bond donors (Lipinski definition) is 2. The van der Waals surface area contributed by atoms with Crippen molar-refractivity contribution in [1.29, 1.82) is 0 Å². The smallest absolute Gasteiger partial charge is 0.225 e. The molecule has 136 valence electrons. The third-order valence-corrected chi connectivity index (χ3v) is 6.53. The summed E-state index contributed by atoms with van der Waals surface area (Å²) in [6.45, 7) is 1.66. The van der Waals surface area contributed by atoms with E-state index in [1.54, 1.807) is 7.11 Å². The first-order valence-corrected chi connectivity index (χ1v) is 9.59. The number of amides is 1. The predicted molar refractivity (Wildman–Crippen MR) is 99.1 cm³/mol. The first-order chi connectivity index (χ1) is 12.1. The van der Waals surface area contributed by atoms with Crippen LogP contribution in [0.25, 0.3) is 0 Å². The number of halogens is 1. The fourth-order valence-electron chi connectivity index (χ4n) is 5.03. The summed E-state index contributed by atoms with van der Waals surface area (Å²) in [7, 11) is 1.67. The second-order valence-corrected chi connectivity index (χ2v) is 8.13. The molecule has 0 spiro atoms. The van der Waals surface area contributed by atoms with Crippen LogP contribution >= 0.6 is 11.6 Å². The number of nitrogens with one attached hydrogen (secondary N) is 1. The van der Waals surface area contributed by atoms with E-state index in [0.717, 1.165) is 43.8 Å². The van der Waals surface area contributed by atoms with Gasteiger partial charge in [-0.05, 0) is 55.7 Å². The minimum absolute atomic E-state index is 0.00788. The molecule has 5 atom stereocenters. The normalized spacial score (nSPS) is 33.7. The van der Waals surface area contributed by atoms with Gasteiger partial charge in [0.1, 0.15) is 5.75 Å². The summed E-state index contributed by atoms with van der Waals surface area (Å²) in [5.74, 6) is 2.02. The summed E-state index contributed by atoms with van der Waals surface area (Å²) < 4.78 is 5.45. The zero-order valence-corrected chi connectivity index (χ0v) is 15.3. The Morgan fingerprint density at radius 1 is 1.32 bits per heavy atom. The molecule has 2 aliphatic carbocycles. The molecule has 3 N–H and O–H groups in total. The Morgan fingerprint density at radius 2 is 2.12 bits per heavy atom. The number of anilines is 1. The quantitative estimate of drug-likeness (QED) is 0.862. The molecule has 5 unspecified atom stereocenters. The van der Waals surface area contributed by atoms with Gasteiger partial charge in [-0.1, -0.05) is 11.6 Å². The van der Waals surface area contributed by atoms with E-state index in [4.69, 9.17) is 22.1 Å². The van der Waals surface area contributed by atoms with E-state index in [2.05, 4.69) is 10.2 Å². The highest BCUT2D eigenvalue weighted by molar-refractivity contribution is 6.30. The van der Waals surface area contributed by atoms with Crippen molar-refractivity contribution < 1.29 is 9.53 Å². The molecule has 3 aliphatic rings.